The summed E-state index contributed by atoms with van der Waals surface area (Å²) in [6.45, 7) is 3.18. The van der Waals surface area contributed by atoms with E-state index >= 15 is 0 Å². The molecule has 0 atom stereocenters. The zero-order valence-corrected chi connectivity index (χ0v) is 12.7. The largest absolute Gasteiger partial charge is 0.322 e. The number of nitrogens with zero attached hydrogens (tertiary/aromatic N) is 1. The highest BCUT2D eigenvalue weighted by Gasteiger charge is 2.14. The Hall–Kier alpha value is -3.02. The molecule has 1 N–H and O–H groups in total. The summed E-state index contributed by atoms with van der Waals surface area (Å²) in [7, 11) is 0. The molecule has 1 amide bonds. The number of carbonyl (C=O) groups is 1. The van der Waals surface area contributed by atoms with E-state index in [0.29, 0.717) is 22.4 Å². The van der Waals surface area contributed by atoms with Gasteiger partial charge in [0.05, 0.1) is 16.2 Å². The number of halogens is 1. The van der Waals surface area contributed by atoms with Crippen molar-refractivity contribution >= 4 is 22.9 Å². The van der Waals surface area contributed by atoms with E-state index in [-0.39, 0.29) is 5.69 Å². The maximum atomic E-state index is 13.7. The Morgan fingerprint density at radius 3 is 2.57 bits per heavy atom. The van der Waals surface area contributed by atoms with Crippen LogP contribution in [0.15, 0.2) is 48.5 Å². The minimum atomic E-state index is -0.509. The number of anilines is 1. The fraction of sp³-hybridized carbons (Fsp3) is 0.118. The van der Waals surface area contributed by atoms with Crippen molar-refractivity contribution in [3.05, 3.63) is 75.6 Å². The van der Waals surface area contributed by atoms with Gasteiger partial charge in [-0.3, -0.25) is 14.9 Å². The minimum Gasteiger partial charge on any atom is -0.322 e. The number of hydrogen-bond acceptors (Lipinski definition) is 3. The molecule has 0 bridgehead atoms. The Bertz CT molecular complexity index is 800. The number of hydrogen-bond donors (Lipinski definition) is 1. The van der Waals surface area contributed by atoms with Gasteiger partial charge in [-0.2, -0.15) is 0 Å². The summed E-state index contributed by atoms with van der Waals surface area (Å²) in [5.41, 5.74) is 1.43. The summed E-state index contributed by atoms with van der Waals surface area (Å²) < 4.78 is 13.7. The molecule has 0 saturated carbocycles. The van der Waals surface area contributed by atoms with Gasteiger partial charge in [-0.1, -0.05) is 24.3 Å². The van der Waals surface area contributed by atoms with Crippen LogP contribution in [0.3, 0.4) is 0 Å². The smallest absolute Gasteiger partial charge is 0.274 e. The second-order valence-corrected chi connectivity index (χ2v) is 5.00. The van der Waals surface area contributed by atoms with E-state index in [1.807, 2.05) is 0 Å². The Morgan fingerprint density at radius 2 is 1.91 bits per heavy atom. The van der Waals surface area contributed by atoms with Gasteiger partial charge in [0.1, 0.15) is 5.82 Å². The third-order valence-corrected chi connectivity index (χ3v) is 3.41. The lowest BCUT2D eigenvalue weighted by atomic mass is 10.1. The molecule has 118 valence electrons. The maximum absolute atomic E-state index is 13.7. The average Bonchev–Trinajstić information content (AvgIpc) is 2.49. The van der Waals surface area contributed by atoms with E-state index < -0.39 is 16.6 Å². The first-order valence-corrected chi connectivity index (χ1v) is 6.88. The van der Waals surface area contributed by atoms with Crippen molar-refractivity contribution in [2.45, 2.75) is 13.8 Å². The van der Waals surface area contributed by atoms with Gasteiger partial charge in [-0.15, -0.1) is 0 Å². The van der Waals surface area contributed by atoms with Crippen molar-refractivity contribution < 1.29 is 14.1 Å². The summed E-state index contributed by atoms with van der Waals surface area (Å²) in [4.78, 5) is 22.5. The molecule has 0 aromatic heterocycles. The predicted molar refractivity (Wildman–Crippen MR) is 86.5 cm³/mol. The molecule has 0 aliphatic carbocycles. The molecule has 0 heterocycles. The predicted octanol–water partition coefficient (Wildman–Crippen LogP) is 4.08. The SMILES string of the molecule is CC(=CC(=O)Nc1cccc([N+](=O)[O-])c1C)c1ccccc1F. The standard InChI is InChI=1S/C17H15FN2O3/c1-11(13-6-3-4-7-14(13)18)10-17(21)19-15-8-5-9-16(12(15)2)20(22)23/h3-10H,1-2H3,(H,19,21). The number of nitrogens with one attached hydrogen (secondary N) is 1. The Kier molecular flexibility index (Phi) is 4.85. The summed E-state index contributed by atoms with van der Waals surface area (Å²) in [5.74, 6) is -0.894. The highest BCUT2D eigenvalue weighted by atomic mass is 19.1. The lowest BCUT2D eigenvalue weighted by Crippen LogP contribution is -2.10. The summed E-state index contributed by atoms with van der Waals surface area (Å²) in [6.07, 6.45) is 1.26. The third-order valence-electron chi connectivity index (χ3n) is 3.41. The molecule has 0 saturated heterocycles. The molecule has 0 aliphatic heterocycles. The topological polar surface area (TPSA) is 72.2 Å². The van der Waals surface area contributed by atoms with Crippen molar-refractivity contribution in [3.63, 3.8) is 0 Å². The van der Waals surface area contributed by atoms with E-state index in [1.54, 1.807) is 38.1 Å². The van der Waals surface area contributed by atoms with Crippen molar-refractivity contribution in [1.82, 2.24) is 0 Å². The van der Waals surface area contributed by atoms with Crippen LogP contribution in [0.5, 0.6) is 0 Å². The van der Waals surface area contributed by atoms with Crippen molar-refractivity contribution in [3.8, 4) is 0 Å². The van der Waals surface area contributed by atoms with Crippen molar-refractivity contribution in [1.29, 1.82) is 0 Å². The molecule has 23 heavy (non-hydrogen) atoms. The van der Waals surface area contributed by atoms with Gasteiger partial charge < -0.3 is 5.32 Å². The van der Waals surface area contributed by atoms with Crippen LogP contribution in [0.4, 0.5) is 15.8 Å². The molecule has 2 aromatic rings. The minimum absolute atomic E-state index is 0.0717. The molecule has 2 aromatic carbocycles. The van der Waals surface area contributed by atoms with Crippen LogP contribution in [0.25, 0.3) is 5.57 Å². The van der Waals surface area contributed by atoms with E-state index in [1.165, 1.54) is 24.3 Å². The van der Waals surface area contributed by atoms with Crippen LogP contribution in [0, 0.1) is 22.9 Å². The van der Waals surface area contributed by atoms with E-state index in [2.05, 4.69) is 5.32 Å². The van der Waals surface area contributed by atoms with Crippen LogP contribution in [0.2, 0.25) is 0 Å². The first-order chi connectivity index (χ1) is 10.9. The molecule has 0 spiro atoms. The normalized spacial score (nSPS) is 11.2. The van der Waals surface area contributed by atoms with E-state index in [0.717, 1.165) is 0 Å². The van der Waals surface area contributed by atoms with Gasteiger partial charge in [0.15, 0.2) is 0 Å². The highest BCUT2D eigenvalue weighted by molar-refractivity contribution is 6.04. The van der Waals surface area contributed by atoms with E-state index in [9.17, 15) is 19.3 Å². The maximum Gasteiger partial charge on any atom is 0.274 e. The van der Waals surface area contributed by atoms with Crippen LogP contribution < -0.4 is 5.32 Å². The van der Waals surface area contributed by atoms with Gasteiger partial charge in [0, 0.05) is 17.7 Å². The van der Waals surface area contributed by atoms with E-state index in [4.69, 9.17) is 0 Å². The fourth-order valence-corrected chi connectivity index (χ4v) is 2.18. The highest BCUT2D eigenvalue weighted by Crippen LogP contribution is 2.25. The van der Waals surface area contributed by atoms with Crippen molar-refractivity contribution in [2.24, 2.45) is 0 Å². The van der Waals surface area contributed by atoms with Crippen LogP contribution in [-0.4, -0.2) is 10.8 Å². The molecule has 6 heteroatoms. The molecular formula is C17H15FN2O3. The van der Waals surface area contributed by atoms with Crippen LogP contribution in [-0.2, 0) is 4.79 Å². The quantitative estimate of drug-likeness (QED) is 0.525. The molecule has 0 fully saturated rings. The van der Waals surface area contributed by atoms with Gasteiger partial charge in [0.25, 0.3) is 5.69 Å². The monoisotopic (exact) mass is 314 g/mol. The summed E-state index contributed by atoms with van der Waals surface area (Å²) >= 11 is 0. The first-order valence-electron chi connectivity index (χ1n) is 6.88. The van der Waals surface area contributed by atoms with Gasteiger partial charge in [0.2, 0.25) is 5.91 Å². The summed E-state index contributed by atoms with van der Waals surface area (Å²) in [6, 6.07) is 10.6. The Morgan fingerprint density at radius 1 is 1.22 bits per heavy atom. The number of allylic oxidation sites excluding steroid dienone is 1. The molecule has 0 radical (unpaired) electrons. The zero-order valence-electron chi connectivity index (χ0n) is 12.7. The number of nitro benzene ring substituents is 1. The van der Waals surface area contributed by atoms with Gasteiger partial charge in [-0.05, 0) is 31.6 Å². The first kappa shape index (κ1) is 16.4. The lowest BCUT2D eigenvalue weighted by molar-refractivity contribution is -0.385. The second-order valence-electron chi connectivity index (χ2n) is 5.00. The van der Waals surface area contributed by atoms with Gasteiger partial charge in [-0.25, -0.2) is 4.39 Å². The Labute approximate surface area is 132 Å². The second kappa shape index (κ2) is 6.83. The number of carbonyl (C=O) groups excluding carboxylic acids is 1. The number of amides is 1. The average molecular weight is 314 g/mol. The molecule has 5 nitrogen and oxygen atoms in total. The van der Waals surface area contributed by atoms with Gasteiger partial charge >= 0.3 is 0 Å². The lowest BCUT2D eigenvalue weighted by Gasteiger charge is -2.08. The molecule has 0 unspecified atom stereocenters. The number of benzene rings is 2. The molecule has 2 rings (SSSR count). The molecule has 0 aliphatic rings. The Balaban J connectivity index is 2.23. The van der Waals surface area contributed by atoms with Crippen LogP contribution in [0.1, 0.15) is 18.1 Å². The van der Waals surface area contributed by atoms with Crippen LogP contribution >= 0.6 is 0 Å². The van der Waals surface area contributed by atoms with Crippen molar-refractivity contribution in [2.75, 3.05) is 5.32 Å². The fourth-order valence-electron chi connectivity index (χ4n) is 2.18. The molecular weight excluding hydrogens is 299 g/mol. The number of rotatable bonds is 4. The third kappa shape index (κ3) is 3.79. The summed E-state index contributed by atoms with van der Waals surface area (Å²) in [5, 5.41) is 13.5. The zero-order chi connectivity index (χ0) is 17.0. The number of nitro groups is 1.